The van der Waals surface area contributed by atoms with E-state index >= 15 is 0 Å². The number of aromatic nitrogens is 3. The highest BCUT2D eigenvalue weighted by atomic mass is 16.2. The highest BCUT2D eigenvalue weighted by Gasteiger charge is 2.11. The van der Waals surface area contributed by atoms with Crippen molar-refractivity contribution in [2.24, 2.45) is 7.05 Å². The van der Waals surface area contributed by atoms with Crippen molar-refractivity contribution in [2.75, 3.05) is 0 Å². The van der Waals surface area contributed by atoms with Crippen LogP contribution in [0.1, 0.15) is 21.5 Å². The molecule has 0 spiro atoms. The fraction of sp³-hybridized carbons (Fsp3) is 0.130. The molecule has 0 unspecified atom stereocenters. The van der Waals surface area contributed by atoms with Crippen molar-refractivity contribution in [3.63, 3.8) is 0 Å². The minimum atomic E-state index is -0.568. The van der Waals surface area contributed by atoms with E-state index in [1.54, 1.807) is 0 Å². The number of nitrogens with one attached hydrogen (secondary N) is 2. The van der Waals surface area contributed by atoms with Gasteiger partial charge in [0.15, 0.2) is 0 Å². The van der Waals surface area contributed by atoms with Crippen LogP contribution in [0.15, 0.2) is 70.4 Å². The van der Waals surface area contributed by atoms with Crippen LogP contribution >= 0.6 is 0 Å². The first kappa shape index (κ1) is 19.3. The number of carbonyl (C=O) groups excluding carboxylic acids is 1. The lowest BCUT2D eigenvalue weighted by Gasteiger charge is -2.08. The summed E-state index contributed by atoms with van der Waals surface area (Å²) in [6.07, 6.45) is 1.36. The number of pyridine rings is 1. The second-order valence-corrected chi connectivity index (χ2v) is 7.16. The second kappa shape index (κ2) is 7.79. The van der Waals surface area contributed by atoms with Crippen LogP contribution in [0.25, 0.3) is 22.2 Å². The van der Waals surface area contributed by atoms with Crippen LogP contribution in [0.3, 0.4) is 0 Å². The van der Waals surface area contributed by atoms with Gasteiger partial charge in [-0.2, -0.15) is 0 Å². The minimum Gasteiger partial charge on any atom is -0.348 e. The number of aryl methyl sites for hydroxylation is 2. The summed E-state index contributed by atoms with van der Waals surface area (Å²) in [4.78, 5) is 42.5. The summed E-state index contributed by atoms with van der Waals surface area (Å²) in [7, 11) is 1.51. The zero-order chi connectivity index (χ0) is 21.3. The molecule has 150 valence electrons. The largest absolute Gasteiger partial charge is 0.348 e. The van der Waals surface area contributed by atoms with E-state index < -0.39 is 11.2 Å². The van der Waals surface area contributed by atoms with E-state index in [0.717, 1.165) is 16.7 Å². The molecule has 2 N–H and O–H groups in total. The Morgan fingerprint density at radius 3 is 2.57 bits per heavy atom. The number of hydrogen-bond donors (Lipinski definition) is 2. The van der Waals surface area contributed by atoms with Gasteiger partial charge in [-0.3, -0.25) is 19.1 Å². The maximum Gasteiger partial charge on any atom is 0.329 e. The molecule has 7 heteroatoms. The average Bonchev–Trinajstić information content (AvgIpc) is 2.76. The summed E-state index contributed by atoms with van der Waals surface area (Å²) in [5, 5.41) is 3.02. The molecule has 0 radical (unpaired) electrons. The second-order valence-electron chi connectivity index (χ2n) is 7.16. The minimum absolute atomic E-state index is 0.187. The highest BCUT2D eigenvalue weighted by Crippen LogP contribution is 2.20. The topological polar surface area (TPSA) is 96.8 Å². The molecule has 4 aromatic rings. The van der Waals surface area contributed by atoms with Gasteiger partial charge in [0, 0.05) is 19.8 Å². The van der Waals surface area contributed by atoms with Crippen molar-refractivity contribution < 1.29 is 4.79 Å². The number of carbonyl (C=O) groups is 1. The molecule has 2 aromatic carbocycles. The summed E-state index contributed by atoms with van der Waals surface area (Å²) >= 11 is 0. The summed E-state index contributed by atoms with van der Waals surface area (Å²) in [6.45, 7) is 2.40. The molecule has 4 rings (SSSR count). The maximum absolute atomic E-state index is 12.5. The lowest BCUT2D eigenvalue weighted by Crippen LogP contribution is -2.29. The molecule has 0 saturated heterocycles. The lowest BCUT2D eigenvalue weighted by atomic mass is 10.0. The van der Waals surface area contributed by atoms with Gasteiger partial charge in [0.1, 0.15) is 5.65 Å². The zero-order valence-electron chi connectivity index (χ0n) is 16.6. The predicted molar refractivity (Wildman–Crippen MR) is 115 cm³/mol. The molecule has 1 amide bonds. The van der Waals surface area contributed by atoms with Gasteiger partial charge in [-0.25, -0.2) is 9.78 Å². The molecule has 0 atom stereocenters. The van der Waals surface area contributed by atoms with Gasteiger partial charge in [-0.05, 0) is 29.7 Å². The van der Waals surface area contributed by atoms with Crippen molar-refractivity contribution in [3.05, 3.63) is 98.3 Å². The van der Waals surface area contributed by atoms with E-state index in [-0.39, 0.29) is 22.5 Å². The standard InChI is InChI=1S/C23H20N4O3/c1-14-4-3-5-17(10-14)16-8-6-15(7-9-16)12-25-21(28)18-11-19-20(24-13-18)27(2)23(30)26-22(19)29/h3-11,13H,12H2,1-2H3,(H,25,28)(H,26,29,30). The number of fused-ring (bicyclic) bond motifs is 1. The van der Waals surface area contributed by atoms with Crippen molar-refractivity contribution in [2.45, 2.75) is 13.5 Å². The monoisotopic (exact) mass is 400 g/mol. The first-order valence-corrected chi connectivity index (χ1v) is 9.45. The smallest absolute Gasteiger partial charge is 0.329 e. The van der Waals surface area contributed by atoms with E-state index in [9.17, 15) is 14.4 Å². The van der Waals surface area contributed by atoms with Crippen LogP contribution in [0.5, 0.6) is 0 Å². The molecule has 0 bridgehead atoms. The highest BCUT2D eigenvalue weighted by molar-refractivity contribution is 5.96. The molecule has 2 heterocycles. The third kappa shape index (κ3) is 3.77. The van der Waals surface area contributed by atoms with Crippen LogP contribution in [0.2, 0.25) is 0 Å². The number of rotatable bonds is 4. The Hall–Kier alpha value is -4.00. The Bertz CT molecular complexity index is 1370. The summed E-state index contributed by atoms with van der Waals surface area (Å²) in [6, 6.07) is 17.7. The fourth-order valence-electron chi connectivity index (χ4n) is 3.28. The number of amides is 1. The van der Waals surface area contributed by atoms with E-state index in [4.69, 9.17) is 0 Å². The first-order valence-electron chi connectivity index (χ1n) is 9.45. The van der Waals surface area contributed by atoms with Gasteiger partial charge < -0.3 is 5.32 Å². The molecule has 0 aliphatic heterocycles. The zero-order valence-corrected chi connectivity index (χ0v) is 16.6. The molecule has 2 aromatic heterocycles. The summed E-state index contributed by atoms with van der Waals surface area (Å²) in [5.74, 6) is -0.347. The molecule has 0 aliphatic rings. The van der Waals surface area contributed by atoms with E-state index in [0.29, 0.717) is 6.54 Å². The van der Waals surface area contributed by atoms with Crippen LogP contribution in [0.4, 0.5) is 0 Å². The van der Waals surface area contributed by atoms with Gasteiger partial charge in [0.25, 0.3) is 11.5 Å². The van der Waals surface area contributed by atoms with E-state index in [1.807, 2.05) is 30.3 Å². The lowest BCUT2D eigenvalue weighted by molar-refractivity contribution is 0.0950. The Morgan fingerprint density at radius 1 is 1.07 bits per heavy atom. The van der Waals surface area contributed by atoms with E-state index in [1.165, 1.54) is 29.4 Å². The molecule has 0 fully saturated rings. The van der Waals surface area contributed by atoms with Crippen LogP contribution in [-0.2, 0) is 13.6 Å². The molecule has 7 nitrogen and oxygen atoms in total. The maximum atomic E-state index is 12.5. The van der Waals surface area contributed by atoms with Crippen molar-refractivity contribution >= 4 is 16.9 Å². The third-order valence-corrected chi connectivity index (χ3v) is 4.97. The van der Waals surface area contributed by atoms with Gasteiger partial charge >= 0.3 is 5.69 Å². The van der Waals surface area contributed by atoms with Gasteiger partial charge in [-0.1, -0.05) is 54.1 Å². The average molecular weight is 400 g/mol. The number of benzene rings is 2. The quantitative estimate of drug-likeness (QED) is 0.550. The number of aromatic amines is 1. The first-order chi connectivity index (χ1) is 14.4. The number of hydrogen-bond acceptors (Lipinski definition) is 4. The Balaban J connectivity index is 1.49. The summed E-state index contributed by atoms with van der Waals surface area (Å²) < 4.78 is 1.23. The fourth-order valence-corrected chi connectivity index (χ4v) is 3.28. The molecule has 0 aliphatic carbocycles. The SMILES string of the molecule is Cc1cccc(-c2ccc(CNC(=O)c3cnc4c(c3)c(=O)[nH]c(=O)n4C)cc2)c1. The van der Waals surface area contributed by atoms with Gasteiger partial charge in [0.05, 0.1) is 10.9 Å². The van der Waals surface area contributed by atoms with E-state index in [2.05, 4.69) is 40.4 Å². The number of H-pyrrole nitrogens is 1. The predicted octanol–water partition coefficient (Wildman–Crippen LogP) is 2.53. The summed E-state index contributed by atoms with van der Waals surface area (Å²) in [5.41, 5.74) is 3.77. The molecule has 0 saturated carbocycles. The Kier molecular flexibility index (Phi) is 5.02. The Labute approximate surface area is 172 Å². The van der Waals surface area contributed by atoms with Crippen molar-refractivity contribution in [1.82, 2.24) is 19.9 Å². The van der Waals surface area contributed by atoms with Crippen LogP contribution in [-0.4, -0.2) is 20.4 Å². The normalized spacial score (nSPS) is 10.9. The number of nitrogens with zero attached hydrogens (tertiary/aromatic N) is 2. The van der Waals surface area contributed by atoms with Crippen molar-refractivity contribution in [3.8, 4) is 11.1 Å². The van der Waals surface area contributed by atoms with Gasteiger partial charge in [0.2, 0.25) is 0 Å². The Morgan fingerprint density at radius 2 is 1.83 bits per heavy atom. The van der Waals surface area contributed by atoms with Crippen LogP contribution < -0.4 is 16.6 Å². The molecular weight excluding hydrogens is 380 g/mol. The third-order valence-electron chi connectivity index (χ3n) is 4.97. The molecule has 30 heavy (non-hydrogen) atoms. The molecular formula is C23H20N4O3. The van der Waals surface area contributed by atoms with Crippen LogP contribution in [0, 0.1) is 6.92 Å². The van der Waals surface area contributed by atoms with Gasteiger partial charge in [-0.15, -0.1) is 0 Å². The van der Waals surface area contributed by atoms with Crippen molar-refractivity contribution in [1.29, 1.82) is 0 Å².